The molecule has 0 aliphatic heterocycles. The van der Waals surface area contributed by atoms with Crippen molar-refractivity contribution in [2.24, 2.45) is 0 Å². The van der Waals surface area contributed by atoms with E-state index in [2.05, 4.69) is 90.4 Å². The minimum absolute atomic E-state index is 0. The largest absolute Gasteiger partial charge is 0.368 e. The van der Waals surface area contributed by atoms with Crippen molar-refractivity contribution >= 4 is 128 Å². The molecule has 6 N–H and O–H groups in total. The van der Waals surface area contributed by atoms with Gasteiger partial charge in [-0.2, -0.15) is 9.97 Å². The van der Waals surface area contributed by atoms with Crippen LogP contribution in [0, 0.1) is 13.8 Å². The predicted molar refractivity (Wildman–Crippen MR) is 364 cm³/mol. The molecule has 6 heterocycles. The molecule has 0 saturated carbocycles. The average Bonchev–Trinajstić information content (AvgIpc) is 3.77. The summed E-state index contributed by atoms with van der Waals surface area (Å²) in [5.74, 6) is 1.43. The summed E-state index contributed by atoms with van der Waals surface area (Å²) in [6, 6.07) is 33.2. The fourth-order valence-corrected chi connectivity index (χ4v) is 31.7. The molecule has 10 aromatic rings. The first-order valence-corrected chi connectivity index (χ1v) is 38.3. The van der Waals surface area contributed by atoms with Crippen LogP contribution in [-0.2, 0) is 0 Å². The summed E-state index contributed by atoms with van der Waals surface area (Å²) >= 11 is 17.7. The van der Waals surface area contributed by atoms with Crippen LogP contribution in [0.25, 0.3) is 43.4 Å². The van der Waals surface area contributed by atoms with Crippen LogP contribution in [0.1, 0.15) is 121 Å². The van der Waals surface area contributed by atoms with Gasteiger partial charge in [0.1, 0.15) is 11.6 Å². The first-order chi connectivity index (χ1) is 39.6. The summed E-state index contributed by atoms with van der Waals surface area (Å²) < 4.78 is 10.5. The van der Waals surface area contributed by atoms with Crippen molar-refractivity contribution in [2.75, 3.05) is 22.1 Å². The SMILES string of the molecule is C.C.CCC[CH2][Sn]([CH2]CCC)([CH2]CCC)[c]1cnc(C)s1.C[C@H](Nc1nc(N)ncc1Br)c1cc2cccc(Cl)c2c(=O)n1-c1ccccc1.Cc1ncc(-c2cnc(N)nc2N[C@@H](C)c2cc3cccc(Cl)c3c(=O)n2-c2ccccc2)s1. The first kappa shape index (κ1) is 66.9. The molecule has 0 fully saturated rings. The number of hydrogen-bond donors (Lipinski definition) is 4. The van der Waals surface area contributed by atoms with Gasteiger partial charge >= 0.3 is 128 Å². The molecule has 2 atom stereocenters. The molecule has 0 aliphatic carbocycles. The van der Waals surface area contributed by atoms with Crippen LogP contribution in [0.5, 0.6) is 0 Å². The quantitative estimate of drug-likeness (QED) is 0.0560. The summed E-state index contributed by atoms with van der Waals surface area (Å²) in [5.41, 5.74) is 15.1. The maximum absolute atomic E-state index is 13.7. The van der Waals surface area contributed by atoms with Crippen molar-refractivity contribution in [2.45, 2.75) is 127 Å². The topological polar surface area (TPSA) is 197 Å². The van der Waals surface area contributed by atoms with Crippen molar-refractivity contribution in [3.63, 3.8) is 0 Å². The maximum Gasteiger partial charge on any atom is 0.264 e. The number of thiazole rings is 2. The van der Waals surface area contributed by atoms with E-state index >= 15 is 0 Å². The number of hydrogen-bond acceptors (Lipinski definition) is 14. The van der Waals surface area contributed by atoms with Crippen LogP contribution < -0.4 is 36.1 Å². The molecule has 442 valence electrons. The van der Waals surface area contributed by atoms with E-state index in [-0.39, 0.29) is 50.0 Å². The Bertz CT molecular complexity index is 3880. The number of benzene rings is 4. The fourth-order valence-electron chi connectivity index (χ4n) is 10.1. The third kappa shape index (κ3) is 16.0. The number of rotatable bonds is 19. The fraction of sp³-hybridized carbons (Fsp3) is 0.312. The van der Waals surface area contributed by atoms with Gasteiger partial charge < -0.3 is 22.1 Å². The number of halogens is 3. The number of aryl methyl sites for hydroxylation is 2. The molecular formula is C64H77BrCl2N12O2S2Sn. The monoisotopic (exact) mass is 1380 g/mol. The van der Waals surface area contributed by atoms with Crippen molar-refractivity contribution in [3.8, 4) is 21.8 Å². The summed E-state index contributed by atoms with van der Waals surface area (Å²) in [6.07, 6.45) is 15.7. The Morgan fingerprint density at radius 1 is 0.583 bits per heavy atom. The molecular weight excluding hydrogens is 1300 g/mol. The number of pyridine rings is 2. The Labute approximate surface area is 524 Å². The van der Waals surface area contributed by atoms with Crippen LogP contribution in [0.4, 0.5) is 23.5 Å². The normalized spacial score (nSPS) is 11.8. The molecule has 10 rings (SSSR count). The van der Waals surface area contributed by atoms with E-state index in [1.165, 1.54) is 43.5 Å². The van der Waals surface area contributed by atoms with Crippen LogP contribution in [-0.4, -0.2) is 57.4 Å². The Morgan fingerprint density at radius 2 is 1.02 bits per heavy atom. The molecule has 0 spiro atoms. The molecule has 6 aromatic heterocycles. The second-order valence-corrected chi connectivity index (χ2v) is 38.5. The molecule has 0 saturated heterocycles. The Balaban J connectivity index is 0.000000208. The number of anilines is 4. The van der Waals surface area contributed by atoms with Gasteiger partial charge in [-0.25, -0.2) is 15.0 Å². The van der Waals surface area contributed by atoms with Gasteiger partial charge in [-0.3, -0.25) is 18.7 Å². The van der Waals surface area contributed by atoms with Crippen molar-refractivity contribution in [1.82, 2.24) is 39.0 Å². The molecule has 0 amide bonds. The van der Waals surface area contributed by atoms with Crippen molar-refractivity contribution < 1.29 is 0 Å². The standard InChI is InChI=1S/C25H21ClN6OS.C21H17BrClN5O.C4H4NS.3C4H9.2CH4.Sn/c1-14(30-23-18(12-29-25(27)31-23)21-13-28-15(2)34-21)20-11-16-7-6-10-19(26)22(16)24(33)32(20)17-8-4-3-5-9-17;1-12(26-19-15(22)11-25-21(24)27-19)17-10-13-6-5-9-16(23)18(13)20(29)28(17)14-7-3-2-4-8-14;1-4-5-2-3-6-4;3*1-3-4-2;;;/h3-14H,1-2H3,(H3,27,29,30,31);2-12H,1H3,(H3,24,25,26,27);2H,1H3;3*1,3-4H2,2H3;2*1H4;/t14-;12-;;;;;;;/m00......./s1. The second-order valence-electron chi connectivity index (χ2n) is 20.2. The molecule has 4 aromatic carbocycles. The number of para-hydroxylation sites is 2. The zero-order chi connectivity index (χ0) is 58.5. The van der Waals surface area contributed by atoms with Gasteiger partial charge in [-0.05, 0) is 96.0 Å². The van der Waals surface area contributed by atoms with Crippen molar-refractivity contribution in [3.05, 3.63) is 191 Å². The third-order valence-corrected chi connectivity index (χ3v) is 35.5. The third-order valence-electron chi connectivity index (χ3n) is 14.3. The average molecular weight is 1380 g/mol. The van der Waals surface area contributed by atoms with Gasteiger partial charge in [-0.15, -0.1) is 11.3 Å². The number of unbranched alkanes of at least 4 members (excludes halogenated alkanes) is 3. The Kier molecular flexibility index (Phi) is 24.9. The molecule has 0 unspecified atom stereocenters. The van der Waals surface area contributed by atoms with E-state index in [0.717, 1.165) is 49.0 Å². The predicted octanol–water partition coefficient (Wildman–Crippen LogP) is 17.4. The van der Waals surface area contributed by atoms with Gasteiger partial charge in [0, 0.05) is 41.4 Å². The van der Waals surface area contributed by atoms with Crippen LogP contribution in [0.15, 0.2) is 148 Å². The van der Waals surface area contributed by atoms with E-state index < -0.39 is 18.4 Å². The van der Waals surface area contributed by atoms with E-state index in [9.17, 15) is 9.59 Å². The molecule has 0 aliphatic rings. The van der Waals surface area contributed by atoms with E-state index in [0.29, 0.717) is 36.9 Å². The van der Waals surface area contributed by atoms with E-state index in [1.54, 1.807) is 67.4 Å². The Hall–Kier alpha value is -6.22. The van der Waals surface area contributed by atoms with Crippen molar-refractivity contribution in [1.29, 1.82) is 0 Å². The number of nitrogens with two attached hydrogens (primary N) is 2. The van der Waals surface area contributed by atoms with Gasteiger partial charge in [-0.1, -0.05) is 98.7 Å². The number of fused-ring (bicyclic) bond motifs is 2. The smallest absolute Gasteiger partial charge is 0.264 e. The van der Waals surface area contributed by atoms with E-state index in [4.69, 9.17) is 34.7 Å². The summed E-state index contributed by atoms with van der Waals surface area (Å²) in [6.45, 7) is 15.1. The molecule has 0 bridgehead atoms. The summed E-state index contributed by atoms with van der Waals surface area (Å²) in [5, 5.41) is 12.3. The number of nitrogens with zero attached hydrogens (tertiary/aromatic N) is 8. The second kappa shape index (κ2) is 31.3. The summed E-state index contributed by atoms with van der Waals surface area (Å²) in [4.78, 5) is 53.8. The van der Waals surface area contributed by atoms with Gasteiger partial charge in [0.15, 0.2) is 0 Å². The zero-order valence-corrected chi connectivity index (χ0v) is 54.8. The molecule has 0 radical (unpaired) electrons. The number of nitrogen functional groups attached to an aromatic ring is 2. The van der Waals surface area contributed by atoms with Crippen LogP contribution in [0.2, 0.25) is 23.4 Å². The molecule has 84 heavy (non-hydrogen) atoms. The van der Waals surface area contributed by atoms with Crippen LogP contribution in [0.3, 0.4) is 0 Å². The minimum Gasteiger partial charge on any atom is -0.368 e. The zero-order valence-electron chi connectivity index (χ0n) is 47.2. The van der Waals surface area contributed by atoms with Gasteiger partial charge in [0.2, 0.25) is 11.9 Å². The first-order valence-electron chi connectivity index (χ1n) is 27.6. The Morgan fingerprint density at radius 3 is 1.46 bits per heavy atom. The molecule has 14 nitrogen and oxygen atoms in total. The van der Waals surface area contributed by atoms with Gasteiger partial charge in [0.25, 0.3) is 11.1 Å². The van der Waals surface area contributed by atoms with Gasteiger partial charge in [0.05, 0.1) is 52.8 Å². The molecule has 20 heteroatoms. The summed E-state index contributed by atoms with van der Waals surface area (Å²) in [7, 11) is 0. The number of nitrogens with one attached hydrogen (secondary N) is 2. The number of aromatic nitrogens is 8. The minimum atomic E-state index is -2.12. The maximum atomic E-state index is 13.7. The van der Waals surface area contributed by atoms with Crippen LogP contribution >= 0.6 is 61.8 Å². The van der Waals surface area contributed by atoms with E-state index in [1.807, 2.05) is 129 Å².